The predicted octanol–water partition coefficient (Wildman–Crippen LogP) is 2.01. The quantitative estimate of drug-likeness (QED) is 0.846. The minimum Gasteiger partial charge on any atom is -0.322 e. The molecule has 2 aromatic rings. The van der Waals surface area contributed by atoms with Gasteiger partial charge in [0.1, 0.15) is 5.70 Å². The standard InChI is InChI=1S/C17H10F3N3O2/c18-17(19,20)10-4-3-5-11(8-10)21-15(24)9-14-16(25)23-13-7-2-1-6-12(13)22-14/h1-9H,(H,21,24)/b14-9+. The summed E-state index contributed by atoms with van der Waals surface area (Å²) in [6, 6.07) is 10.8. The lowest BCUT2D eigenvalue weighted by atomic mass is 10.2. The summed E-state index contributed by atoms with van der Waals surface area (Å²) >= 11 is 0. The first-order chi connectivity index (χ1) is 11.8. The van der Waals surface area contributed by atoms with Crippen LogP contribution in [0.4, 0.5) is 18.9 Å². The zero-order chi connectivity index (χ0) is 18.0. The zero-order valence-electron chi connectivity index (χ0n) is 12.5. The molecule has 8 heteroatoms. The van der Waals surface area contributed by atoms with Crippen LogP contribution in [-0.2, 0) is 15.8 Å². The Balaban J connectivity index is 1.85. The van der Waals surface area contributed by atoms with Crippen molar-refractivity contribution in [2.45, 2.75) is 6.18 Å². The molecule has 0 bridgehead atoms. The Bertz CT molecular complexity index is 1010. The molecule has 25 heavy (non-hydrogen) atoms. The number of anilines is 1. The lowest BCUT2D eigenvalue weighted by Gasteiger charge is -2.09. The zero-order valence-corrected chi connectivity index (χ0v) is 12.5. The van der Waals surface area contributed by atoms with E-state index >= 15 is 0 Å². The fourth-order valence-electron chi connectivity index (χ4n) is 2.17. The van der Waals surface area contributed by atoms with Gasteiger partial charge >= 0.3 is 6.18 Å². The van der Waals surface area contributed by atoms with Crippen LogP contribution in [0.5, 0.6) is 0 Å². The molecule has 2 amide bonds. The lowest BCUT2D eigenvalue weighted by Crippen LogP contribution is -2.31. The summed E-state index contributed by atoms with van der Waals surface area (Å²) in [5.74, 6) is -1.47. The van der Waals surface area contributed by atoms with Crippen molar-refractivity contribution in [2.75, 3.05) is 5.32 Å². The van der Waals surface area contributed by atoms with Gasteiger partial charge in [0.15, 0.2) is 0 Å². The summed E-state index contributed by atoms with van der Waals surface area (Å²) in [7, 11) is 0. The van der Waals surface area contributed by atoms with Gasteiger partial charge in [-0.25, -0.2) is 9.98 Å². The van der Waals surface area contributed by atoms with Crippen molar-refractivity contribution in [2.24, 2.45) is 9.98 Å². The van der Waals surface area contributed by atoms with E-state index in [0.717, 1.165) is 18.2 Å². The molecule has 0 saturated heterocycles. The van der Waals surface area contributed by atoms with Gasteiger partial charge in [0.05, 0.1) is 16.3 Å². The van der Waals surface area contributed by atoms with Gasteiger partial charge in [-0.1, -0.05) is 18.2 Å². The second-order valence-electron chi connectivity index (χ2n) is 5.11. The number of amides is 2. The molecule has 0 atom stereocenters. The molecule has 0 fully saturated rings. The van der Waals surface area contributed by atoms with Gasteiger partial charge in [-0.15, -0.1) is 0 Å². The van der Waals surface area contributed by atoms with Gasteiger partial charge < -0.3 is 5.32 Å². The molecule has 5 nitrogen and oxygen atoms in total. The third-order valence-electron chi connectivity index (χ3n) is 3.29. The summed E-state index contributed by atoms with van der Waals surface area (Å²) < 4.78 is 38.0. The Morgan fingerprint density at radius 3 is 2.36 bits per heavy atom. The topological polar surface area (TPSA) is 70.9 Å². The van der Waals surface area contributed by atoms with E-state index in [-0.39, 0.29) is 11.4 Å². The Labute approximate surface area is 139 Å². The highest BCUT2D eigenvalue weighted by Crippen LogP contribution is 2.30. The average Bonchev–Trinajstić information content (AvgIpc) is 2.55. The molecule has 0 saturated carbocycles. The third kappa shape index (κ3) is 3.79. The molecular formula is C17H10F3N3O2. The first kappa shape index (κ1) is 16.6. The highest BCUT2D eigenvalue weighted by atomic mass is 19.4. The van der Waals surface area contributed by atoms with Crippen molar-refractivity contribution in [1.82, 2.24) is 0 Å². The van der Waals surface area contributed by atoms with Crippen LogP contribution in [0.1, 0.15) is 5.56 Å². The molecule has 126 valence electrons. The highest BCUT2D eigenvalue weighted by molar-refractivity contribution is 6.06. The summed E-state index contributed by atoms with van der Waals surface area (Å²) in [6.07, 6.45) is -3.61. The number of para-hydroxylation sites is 2. The van der Waals surface area contributed by atoms with Gasteiger partial charge in [-0.2, -0.15) is 13.2 Å². The molecule has 3 rings (SSSR count). The number of hydrogen-bond acceptors (Lipinski definition) is 3. The molecule has 0 spiro atoms. The number of hydrogen-bond donors (Lipinski definition) is 1. The lowest BCUT2D eigenvalue weighted by molar-refractivity contribution is -0.137. The van der Waals surface area contributed by atoms with Crippen LogP contribution in [0.15, 0.2) is 70.3 Å². The normalized spacial score (nSPS) is 15.2. The van der Waals surface area contributed by atoms with Crippen LogP contribution >= 0.6 is 0 Å². The monoisotopic (exact) mass is 345 g/mol. The minimum atomic E-state index is -4.52. The average molecular weight is 345 g/mol. The van der Waals surface area contributed by atoms with Crippen LogP contribution in [0.3, 0.4) is 0 Å². The van der Waals surface area contributed by atoms with Crippen LogP contribution < -0.4 is 16.0 Å². The van der Waals surface area contributed by atoms with E-state index in [1.165, 1.54) is 12.1 Å². The molecule has 0 radical (unpaired) electrons. The molecule has 0 unspecified atom stereocenters. The van der Waals surface area contributed by atoms with Gasteiger partial charge in [0.2, 0.25) is 0 Å². The fraction of sp³-hybridized carbons (Fsp3) is 0.0588. The van der Waals surface area contributed by atoms with E-state index in [9.17, 15) is 22.8 Å². The van der Waals surface area contributed by atoms with Crippen molar-refractivity contribution >= 4 is 17.5 Å². The molecule has 1 aliphatic rings. The maximum Gasteiger partial charge on any atom is 0.416 e. The molecule has 1 aliphatic heterocycles. The van der Waals surface area contributed by atoms with E-state index in [1.54, 1.807) is 24.3 Å². The summed E-state index contributed by atoms with van der Waals surface area (Å²) in [4.78, 5) is 31.7. The maximum atomic E-state index is 12.7. The van der Waals surface area contributed by atoms with E-state index in [2.05, 4.69) is 15.3 Å². The number of rotatable bonds is 2. The molecule has 1 N–H and O–H groups in total. The van der Waals surface area contributed by atoms with Crippen LogP contribution in [0, 0.1) is 0 Å². The van der Waals surface area contributed by atoms with Gasteiger partial charge in [0, 0.05) is 11.8 Å². The number of nitrogens with one attached hydrogen (secondary N) is 1. The first-order valence-corrected chi connectivity index (χ1v) is 7.10. The summed E-state index contributed by atoms with van der Waals surface area (Å²) in [6.45, 7) is 0. The van der Waals surface area contributed by atoms with E-state index < -0.39 is 23.6 Å². The highest BCUT2D eigenvalue weighted by Gasteiger charge is 2.30. The molecule has 0 aliphatic carbocycles. The van der Waals surface area contributed by atoms with Crippen molar-refractivity contribution < 1.29 is 22.8 Å². The maximum absolute atomic E-state index is 12.7. The summed E-state index contributed by atoms with van der Waals surface area (Å²) in [5, 5.41) is 3.10. The van der Waals surface area contributed by atoms with Crippen LogP contribution in [0.2, 0.25) is 0 Å². The van der Waals surface area contributed by atoms with Gasteiger partial charge in [0.25, 0.3) is 11.8 Å². The van der Waals surface area contributed by atoms with Crippen LogP contribution in [0.25, 0.3) is 0 Å². The number of carbonyl (C=O) groups excluding carboxylic acids is 2. The van der Waals surface area contributed by atoms with E-state index in [0.29, 0.717) is 10.7 Å². The first-order valence-electron chi connectivity index (χ1n) is 7.10. The predicted molar refractivity (Wildman–Crippen MR) is 81.9 cm³/mol. The molecule has 2 aromatic carbocycles. The van der Waals surface area contributed by atoms with Crippen molar-refractivity contribution in [3.63, 3.8) is 0 Å². The molecule has 0 aromatic heterocycles. The molecular weight excluding hydrogens is 335 g/mol. The third-order valence-corrected chi connectivity index (χ3v) is 3.29. The Morgan fingerprint density at radius 1 is 1.00 bits per heavy atom. The number of halogens is 3. The van der Waals surface area contributed by atoms with Crippen molar-refractivity contribution in [3.8, 4) is 0 Å². The Morgan fingerprint density at radius 2 is 1.68 bits per heavy atom. The van der Waals surface area contributed by atoms with Crippen LogP contribution in [-0.4, -0.2) is 11.8 Å². The number of alkyl halides is 3. The number of fused-ring (bicyclic) bond motifs is 1. The number of nitrogens with zero attached hydrogens (tertiary/aromatic N) is 2. The second-order valence-corrected chi connectivity index (χ2v) is 5.11. The van der Waals surface area contributed by atoms with Crippen molar-refractivity contribution in [1.29, 1.82) is 0 Å². The summed E-state index contributed by atoms with van der Waals surface area (Å²) in [5.41, 5.74) is -1.12. The number of benzene rings is 2. The van der Waals surface area contributed by atoms with E-state index in [1.807, 2.05) is 0 Å². The van der Waals surface area contributed by atoms with Gasteiger partial charge in [-0.05, 0) is 30.3 Å². The Kier molecular flexibility index (Phi) is 4.18. The number of carbonyl (C=O) groups is 2. The molecule has 1 heterocycles. The smallest absolute Gasteiger partial charge is 0.322 e. The SMILES string of the molecule is O=C(/C=C1/N=c2ccccc2=NC1=O)Nc1cccc(C(F)(F)F)c1. The fourth-order valence-corrected chi connectivity index (χ4v) is 2.17. The van der Waals surface area contributed by atoms with Crippen molar-refractivity contribution in [3.05, 3.63) is 76.6 Å². The second kappa shape index (κ2) is 6.31. The van der Waals surface area contributed by atoms with Gasteiger partial charge in [-0.3, -0.25) is 9.59 Å². The Hall–Kier alpha value is -3.29. The largest absolute Gasteiger partial charge is 0.416 e. The van der Waals surface area contributed by atoms with E-state index in [4.69, 9.17) is 0 Å². The minimum absolute atomic E-state index is 0.0442.